The smallest absolute Gasteiger partial charge is 0.153 e. The molecule has 0 aliphatic carbocycles. The van der Waals surface area contributed by atoms with E-state index in [4.69, 9.17) is 33.7 Å². The summed E-state index contributed by atoms with van der Waals surface area (Å²) in [5.41, 5.74) is 6.96. The van der Waals surface area contributed by atoms with Crippen LogP contribution < -0.4 is 10.5 Å². The summed E-state index contributed by atoms with van der Waals surface area (Å²) in [5, 5.41) is 0.639. The van der Waals surface area contributed by atoms with Gasteiger partial charge in [-0.3, -0.25) is 0 Å². The van der Waals surface area contributed by atoms with Crippen molar-refractivity contribution in [2.45, 2.75) is 13.3 Å². The lowest BCUT2D eigenvalue weighted by molar-refractivity contribution is 0.478. The summed E-state index contributed by atoms with van der Waals surface area (Å²) in [4.78, 5) is 0. The molecule has 19 heavy (non-hydrogen) atoms. The lowest BCUT2D eigenvalue weighted by Crippen LogP contribution is -1.94. The zero-order chi connectivity index (χ0) is 14.0. The molecule has 0 saturated heterocycles. The van der Waals surface area contributed by atoms with Crippen LogP contribution in [0.2, 0.25) is 10.0 Å². The quantitative estimate of drug-likeness (QED) is 0.803. The fourth-order valence-corrected chi connectivity index (χ4v) is 2.07. The van der Waals surface area contributed by atoms with E-state index in [1.165, 1.54) is 6.07 Å². The van der Waals surface area contributed by atoms with Gasteiger partial charge in [0, 0.05) is 11.1 Å². The summed E-state index contributed by atoms with van der Waals surface area (Å²) in [7, 11) is 0. The fraction of sp³-hybridized carbons (Fsp3) is 0.143. The predicted molar refractivity (Wildman–Crippen MR) is 76.7 cm³/mol. The number of benzene rings is 2. The summed E-state index contributed by atoms with van der Waals surface area (Å²) in [6.07, 6.45) is 0.778. The monoisotopic (exact) mass is 299 g/mol. The molecule has 0 fully saturated rings. The maximum atomic E-state index is 13.4. The molecular formula is C14H12Cl2FNO. The van der Waals surface area contributed by atoms with Crippen LogP contribution in [0.15, 0.2) is 30.3 Å². The molecule has 0 aliphatic rings. The van der Waals surface area contributed by atoms with Crippen molar-refractivity contribution in [1.82, 2.24) is 0 Å². The van der Waals surface area contributed by atoms with E-state index in [0.29, 0.717) is 10.8 Å². The van der Waals surface area contributed by atoms with Crippen molar-refractivity contribution in [3.8, 4) is 11.5 Å². The SMILES string of the molecule is CCc1cc(Oc2cc(F)c(Cl)cc2N)ccc1Cl. The van der Waals surface area contributed by atoms with Crippen molar-refractivity contribution in [1.29, 1.82) is 0 Å². The van der Waals surface area contributed by atoms with E-state index in [0.717, 1.165) is 18.1 Å². The van der Waals surface area contributed by atoms with Crippen LogP contribution in [0.3, 0.4) is 0 Å². The average Bonchev–Trinajstić information content (AvgIpc) is 2.38. The number of ether oxygens (including phenoxy) is 1. The fourth-order valence-electron chi connectivity index (χ4n) is 1.64. The second-order valence-electron chi connectivity index (χ2n) is 4.01. The van der Waals surface area contributed by atoms with Gasteiger partial charge in [0.15, 0.2) is 5.75 Å². The number of halogens is 3. The van der Waals surface area contributed by atoms with Crippen LogP contribution >= 0.6 is 23.2 Å². The first-order valence-corrected chi connectivity index (χ1v) is 6.47. The molecule has 0 radical (unpaired) electrons. The first kappa shape index (κ1) is 14.0. The van der Waals surface area contributed by atoms with Gasteiger partial charge in [0.2, 0.25) is 0 Å². The summed E-state index contributed by atoms with van der Waals surface area (Å²) in [5.74, 6) is 0.205. The highest BCUT2D eigenvalue weighted by molar-refractivity contribution is 6.31. The Morgan fingerprint density at radius 3 is 2.58 bits per heavy atom. The second-order valence-corrected chi connectivity index (χ2v) is 4.83. The lowest BCUT2D eigenvalue weighted by Gasteiger charge is -2.11. The highest BCUT2D eigenvalue weighted by atomic mass is 35.5. The Morgan fingerprint density at radius 2 is 1.89 bits per heavy atom. The van der Waals surface area contributed by atoms with Gasteiger partial charge in [0.25, 0.3) is 0 Å². The predicted octanol–water partition coefficient (Wildman–Crippen LogP) is 5.07. The van der Waals surface area contributed by atoms with Crippen molar-refractivity contribution in [2.75, 3.05) is 5.73 Å². The molecule has 0 saturated carbocycles. The Morgan fingerprint density at radius 1 is 1.16 bits per heavy atom. The number of aryl methyl sites for hydroxylation is 1. The van der Waals surface area contributed by atoms with E-state index in [1.807, 2.05) is 6.92 Å². The molecule has 0 aliphatic heterocycles. The van der Waals surface area contributed by atoms with Gasteiger partial charge < -0.3 is 10.5 Å². The number of nitrogens with two attached hydrogens (primary N) is 1. The van der Waals surface area contributed by atoms with Gasteiger partial charge in [0.1, 0.15) is 11.6 Å². The van der Waals surface area contributed by atoms with Crippen LogP contribution in [-0.4, -0.2) is 0 Å². The molecule has 2 rings (SSSR count). The third-order valence-corrected chi connectivity index (χ3v) is 3.34. The van der Waals surface area contributed by atoms with Crippen LogP contribution in [0.25, 0.3) is 0 Å². The molecule has 0 unspecified atom stereocenters. The molecule has 0 atom stereocenters. The number of rotatable bonds is 3. The first-order chi connectivity index (χ1) is 9.01. The van der Waals surface area contributed by atoms with Crippen LogP contribution in [0, 0.1) is 5.82 Å². The van der Waals surface area contributed by atoms with E-state index in [-0.39, 0.29) is 16.5 Å². The standard InChI is InChI=1S/C14H12Cl2FNO/c1-2-8-5-9(3-4-10(8)15)19-14-7-12(17)11(16)6-13(14)18/h3-7H,2,18H2,1H3. The van der Waals surface area contributed by atoms with E-state index in [1.54, 1.807) is 18.2 Å². The largest absolute Gasteiger partial charge is 0.455 e. The van der Waals surface area contributed by atoms with Gasteiger partial charge in [-0.2, -0.15) is 0 Å². The highest BCUT2D eigenvalue weighted by Gasteiger charge is 2.09. The van der Waals surface area contributed by atoms with Crippen LogP contribution in [0.4, 0.5) is 10.1 Å². The van der Waals surface area contributed by atoms with Gasteiger partial charge in [-0.25, -0.2) is 4.39 Å². The van der Waals surface area contributed by atoms with E-state index >= 15 is 0 Å². The third kappa shape index (κ3) is 3.11. The normalized spacial score (nSPS) is 10.5. The third-order valence-electron chi connectivity index (χ3n) is 2.68. The average molecular weight is 300 g/mol. The van der Waals surface area contributed by atoms with Crippen LogP contribution in [-0.2, 0) is 6.42 Å². The van der Waals surface area contributed by atoms with E-state index in [9.17, 15) is 4.39 Å². The molecule has 2 nitrogen and oxygen atoms in total. The summed E-state index contributed by atoms with van der Waals surface area (Å²) >= 11 is 11.6. The van der Waals surface area contributed by atoms with Crippen molar-refractivity contribution in [2.24, 2.45) is 0 Å². The number of hydrogen-bond acceptors (Lipinski definition) is 2. The Bertz CT molecular complexity index is 617. The van der Waals surface area contributed by atoms with Crippen molar-refractivity contribution >= 4 is 28.9 Å². The zero-order valence-corrected chi connectivity index (χ0v) is 11.7. The van der Waals surface area contributed by atoms with E-state index < -0.39 is 5.82 Å². The molecule has 0 aromatic heterocycles. The molecule has 0 spiro atoms. The maximum absolute atomic E-state index is 13.4. The highest BCUT2D eigenvalue weighted by Crippen LogP contribution is 2.33. The minimum absolute atomic E-state index is 0.0322. The Balaban J connectivity index is 2.33. The van der Waals surface area contributed by atoms with Gasteiger partial charge in [0.05, 0.1) is 10.7 Å². The van der Waals surface area contributed by atoms with Crippen molar-refractivity contribution in [3.63, 3.8) is 0 Å². The Hall–Kier alpha value is -1.45. The molecule has 100 valence electrons. The summed E-state index contributed by atoms with van der Waals surface area (Å²) < 4.78 is 18.9. The van der Waals surface area contributed by atoms with Crippen LogP contribution in [0.1, 0.15) is 12.5 Å². The van der Waals surface area contributed by atoms with Crippen molar-refractivity contribution < 1.29 is 9.13 Å². The number of nitrogen functional groups attached to an aromatic ring is 1. The molecule has 2 N–H and O–H groups in total. The maximum Gasteiger partial charge on any atom is 0.153 e. The number of anilines is 1. The number of hydrogen-bond donors (Lipinski definition) is 1. The van der Waals surface area contributed by atoms with Crippen molar-refractivity contribution in [3.05, 3.63) is 51.8 Å². The second kappa shape index (κ2) is 5.68. The zero-order valence-electron chi connectivity index (χ0n) is 10.2. The molecule has 5 heteroatoms. The van der Waals surface area contributed by atoms with Gasteiger partial charge in [-0.1, -0.05) is 30.1 Å². The Labute approximate surface area is 120 Å². The molecule has 0 bridgehead atoms. The minimum atomic E-state index is -0.574. The topological polar surface area (TPSA) is 35.2 Å². The molecule has 2 aromatic carbocycles. The van der Waals surface area contributed by atoms with Gasteiger partial charge in [-0.05, 0) is 36.2 Å². The van der Waals surface area contributed by atoms with Crippen LogP contribution in [0.5, 0.6) is 11.5 Å². The van der Waals surface area contributed by atoms with Gasteiger partial charge in [-0.15, -0.1) is 0 Å². The Kier molecular flexibility index (Phi) is 4.17. The summed E-state index contributed by atoms with van der Waals surface area (Å²) in [6.45, 7) is 1.99. The molecular weight excluding hydrogens is 288 g/mol. The molecule has 0 amide bonds. The van der Waals surface area contributed by atoms with E-state index in [2.05, 4.69) is 0 Å². The van der Waals surface area contributed by atoms with Gasteiger partial charge >= 0.3 is 0 Å². The first-order valence-electron chi connectivity index (χ1n) is 5.72. The lowest BCUT2D eigenvalue weighted by atomic mass is 10.1. The molecule has 0 heterocycles. The molecule has 2 aromatic rings. The summed E-state index contributed by atoms with van der Waals surface area (Å²) in [6, 6.07) is 7.72. The minimum Gasteiger partial charge on any atom is -0.455 e.